The fraction of sp³-hybridized carbons (Fsp3) is 0.308. The normalized spacial score (nSPS) is 12.8. The van der Waals surface area contributed by atoms with Crippen LogP contribution in [0.3, 0.4) is 0 Å². The number of thiazole rings is 1. The second-order valence-electron chi connectivity index (χ2n) is 3.77. The Bertz CT molecular complexity index is 442. The first kappa shape index (κ1) is 11.3. The van der Waals surface area contributed by atoms with Gasteiger partial charge >= 0.3 is 0 Å². The molecule has 1 aromatic carbocycles. The molecular weight excluding hydrogens is 216 g/mol. The minimum Gasteiger partial charge on any atom is -0.308 e. The van der Waals surface area contributed by atoms with E-state index >= 15 is 0 Å². The minimum atomic E-state index is 0.317. The van der Waals surface area contributed by atoms with Crippen LogP contribution >= 0.6 is 11.3 Å². The molecule has 0 radical (unpaired) electrons. The second-order valence-corrected chi connectivity index (χ2v) is 4.84. The van der Waals surface area contributed by atoms with Crippen molar-refractivity contribution in [3.63, 3.8) is 0 Å². The van der Waals surface area contributed by atoms with E-state index in [1.165, 1.54) is 4.70 Å². The number of para-hydroxylation sites is 1. The van der Waals surface area contributed by atoms with E-state index in [0.29, 0.717) is 6.04 Å². The largest absolute Gasteiger partial charge is 0.308 e. The summed E-state index contributed by atoms with van der Waals surface area (Å²) in [6.45, 7) is 6.82. The van der Waals surface area contributed by atoms with E-state index in [9.17, 15) is 0 Å². The van der Waals surface area contributed by atoms with Crippen LogP contribution in [0.5, 0.6) is 0 Å². The van der Waals surface area contributed by atoms with Crippen LogP contribution < -0.4 is 5.32 Å². The van der Waals surface area contributed by atoms with Gasteiger partial charge in [0, 0.05) is 0 Å². The Morgan fingerprint density at radius 3 is 3.06 bits per heavy atom. The van der Waals surface area contributed by atoms with Crippen molar-refractivity contribution < 1.29 is 0 Å². The number of hydrogen-bond acceptors (Lipinski definition) is 3. The van der Waals surface area contributed by atoms with Crippen molar-refractivity contribution in [2.24, 2.45) is 0 Å². The molecule has 0 amide bonds. The summed E-state index contributed by atoms with van der Waals surface area (Å²) >= 11 is 1.76. The van der Waals surface area contributed by atoms with Gasteiger partial charge in [-0.25, -0.2) is 4.98 Å². The number of aromatic nitrogens is 1. The molecule has 2 nitrogen and oxygen atoms in total. The third kappa shape index (κ3) is 2.49. The number of hydrogen-bond donors (Lipinski definition) is 1. The summed E-state index contributed by atoms with van der Waals surface area (Å²) < 4.78 is 1.26. The molecule has 1 unspecified atom stereocenters. The molecule has 2 aromatic rings. The van der Waals surface area contributed by atoms with E-state index in [1.807, 2.05) is 12.1 Å². The van der Waals surface area contributed by atoms with Gasteiger partial charge in [0.05, 0.1) is 16.3 Å². The summed E-state index contributed by atoms with van der Waals surface area (Å²) in [4.78, 5) is 4.62. The molecule has 1 atom stereocenters. The average Bonchev–Trinajstić information content (AvgIpc) is 2.73. The van der Waals surface area contributed by atoms with Crippen molar-refractivity contribution in [1.29, 1.82) is 0 Å². The molecule has 0 aliphatic rings. The highest BCUT2D eigenvalue weighted by Gasteiger charge is 2.09. The first-order chi connectivity index (χ1) is 7.81. The van der Waals surface area contributed by atoms with E-state index in [4.69, 9.17) is 0 Å². The molecule has 0 fully saturated rings. The van der Waals surface area contributed by atoms with Crippen LogP contribution in [0.25, 0.3) is 10.2 Å². The molecule has 0 spiro atoms. The number of nitrogens with zero attached hydrogens (tertiary/aromatic N) is 1. The molecule has 1 aromatic heterocycles. The molecule has 2 rings (SSSR count). The molecule has 1 N–H and O–H groups in total. The van der Waals surface area contributed by atoms with E-state index in [-0.39, 0.29) is 0 Å². The van der Waals surface area contributed by atoms with E-state index < -0.39 is 0 Å². The van der Waals surface area contributed by atoms with Crippen LogP contribution in [0.15, 0.2) is 36.9 Å². The lowest BCUT2D eigenvalue weighted by Crippen LogP contribution is -2.19. The monoisotopic (exact) mass is 232 g/mol. The summed E-state index contributed by atoms with van der Waals surface area (Å²) in [6, 6.07) is 8.58. The number of nitrogens with one attached hydrogen (secondary N) is 1. The third-order valence-electron chi connectivity index (χ3n) is 2.48. The maximum Gasteiger partial charge on any atom is 0.111 e. The SMILES string of the molecule is C=CCCNC(C)c1nc2ccccc2s1. The summed E-state index contributed by atoms with van der Waals surface area (Å²) in [5.74, 6) is 0. The van der Waals surface area contributed by atoms with Crippen LogP contribution in [-0.2, 0) is 0 Å². The highest BCUT2D eigenvalue weighted by molar-refractivity contribution is 7.18. The molecule has 0 bridgehead atoms. The Labute approximate surface area is 100 Å². The summed E-state index contributed by atoms with van der Waals surface area (Å²) in [6.07, 6.45) is 2.92. The van der Waals surface area contributed by atoms with Gasteiger partial charge in [0.25, 0.3) is 0 Å². The van der Waals surface area contributed by atoms with Gasteiger partial charge in [0.15, 0.2) is 0 Å². The van der Waals surface area contributed by atoms with Crippen LogP contribution in [-0.4, -0.2) is 11.5 Å². The van der Waals surface area contributed by atoms with Crippen molar-refractivity contribution >= 4 is 21.6 Å². The molecule has 3 heteroatoms. The van der Waals surface area contributed by atoms with Crippen molar-refractivity contribution in [1.82, 2.24) is 10.3 Å². The van der Waals surface area contributed by atoms with Gasteiger partial charge in [0.2, 0.25) is 0 Å². The van der Waals surface area contributed by atoms with Gasteiger partial charge in [-0.3, -0.25) is 0 Å². The second kappa shape index (κ2) is 5.23. The van der Waals surface area contributed by atoms with Crippen molar-refractivity contribution in [3.05, 3.63) is 41.9 Å². The Hall–Kier alpha value is -1.19. The zero-order chi connectivity index (χ0) is 11.4. The maximum atomic E-state index is 4.62. The topological polar surface area (TPSA) is 24.9 Å². The van der Waals surface area contributed by atoms with Crippen LogP contribution in [0, 0.1) is 0 Å². The van der Waals surface area contributed by atoms with E-state index in [2.05, 4.69) is 42.0 Å². The highest BCUT2D eigenvalue weighted by Crippen LogP contribution is 2.25. The molecule has 0 saturated heterocycles. The van der Waals surface area contributed by atoms with Gasteiger partial charge in [-0.1, -0.05) is 18.2 Å². The third-order valence-corrected chi connectivity index (χ3v) is 3.70. The van der Waals surface area contributed by atoms with Crippen molar-refractivity contribution in [2.75, 3.05) is 6.54 Å². The highest BCUT2D eigenvalue weighted by atomic mass is 32.1. The molecule has 16 heavy (non-hydrogen) atoms. The van der Waals surface area contributed by atoms with Crippen molar-refractivity contribution in [3.8, 4) is 0 Å². The predicted molar refractivity (Wildman–Crippen MR) is 70.9 cm³/mol. The first-order valence-electron chi connectivity index (χ1n) is 5.51. The molecule has 0 aliphatic heterocycles. The number of benzene rings is 1. The fourth-order valence-corrected chi connectivity index (χ4v) is 2.56. The Morgan fingerprint density at radius 2 is 2.31 bits per heavy atom. The predicted octanol–water partition coefficient (Wildman–Crippen LogP) is 3.52. The quantitative estimate of drug-likeness (QED) is 0.630. The first-order valence-corrected chi connectivity index (χ1v) is 6.32. The zero-order valence-electron chi connectivity index (χ0n) is 9.44. The lowest BCUT2D eigenvalue weighted by Gasteiger charge is -2.09. The molecule has 84 valence electrons. The number of rotatable bonds is 5. The maximum absolute atomic E-state index is 4.62. The number of fused-ring (bicyclic) bond motifs is 1. The van der Waals surface area contributed by atoms with E-state index in [0.717, 1.165) is 23.5 Å². The summed E-state index contributed by atoms with van der Waals surface area (Å²) in [5.41, 5.74) is 1.10. The van der Waals surface area contributed by atoms with Crippen LogP contribution in [0.4, 0.5) is 0 Å². The van der Waals surface area contributed by atoms with Gasteiger partial charge in [0.1, 0.15) is 5.01 Å². The standard InChI is InChI=1S/C13H16N2S/c1-3-4-9-14-10(2)13-15-11-7-5-6-8-12(11)16-13/h3,5-8,10,14H,1,4,9H2,2H3. The summed E-state index contributed by atoms with van der Waals surface area (Å²) in [5, 5.41) is 4.60. The zero-order valence-corrected chi connectivity index (χ0v) is 10.3. The molecule has 0 aliphatic carbocycles. The van der Waals surface area contributed by atoms with Crippen molar-refractivity contribution in [2.45, 2.75) is 19.4 Å². The Balaban J connectivity index is 2.10. The lowest BCUT2D eigenvalue weighted by molar-refractivity contribution is 0.579. The van der Waals surface area contributed by atoms with Gasteiger partial charge in [-0.05, 0) is 32.0 Å². The molecule has 1 heterocycles. The Morgan fingerprint density at radius 1 is 1.50 bits per heavy atom. The van der Waals surface area contributed by atoms with Gasteiger partial charge < -0.3 is 5.32 Å². The molecular formula is C13H16N2S. The Kier molecular flexibility index (Phi) is 3.70. The minimum absolute atomic E-state index is 0.317. The lowest BCUT2D eigenvalue weighted by atomic mass is 10.3. The van der Waals surface area contributed by atoms with Gasteiger partial charge in [-0.15, -0.1) is 17.9 Å². The average molecular weight is 232 g/mol. The fourth-order valence-electron chi connectivity index (χ4n) is 1.56. The smallest absolute Gasteiger partial charge is 0.111 e. The van der Waals surface area contributed by atoms with Gasteiger partial charge in [-0.2, -0.15) is 0 Å². The molecule has 0 saturated carbocycles. The van der Waals surface area contributed by atoms with Crippen LogP contribution in [0.2, 0.25) is 0 Å². The van der Waals surface area contributed by atoms with E-state index in [1.54, 1.807) is 11.3 Å². The summed E-state index contributed by atoms with van der Waals surface area (Å²) in [7, 11) is 0. The van der Waals surface area contributed by atoms with Crippen LogP contribution in [0.1, 0.15) is 24.4 Å².